The molecule has 1 aromatic rings. The number of aliphatic hydroxyl groups excluding tert-OH is 2. The number of benzene rings is 1. The van der Waals surface area contributed by atoms with Gasteiger partial charge in [-0.25, -0.2) is 0 Å². The molecule has 0 aliphatic carbocycles. The zero-order valence-corrected chi connectivity index (χ0v) is 11.5. The SMILES string of the molecule is COc1ccc(C#CCO)cc1CSC(C)CO. The van der Waals surface area contributed by atoms with Gasteiger partial charge in [0.05, 0.1) is 13.7 Å². The Morgan fingerprint density at radius 3 is 2.78 bits per heavy atom. The topological polar surface area (TPSA) is 49.7 Å². The molecule has 1 rings (SSSR count). The maximum absolute atomic E-state index is 9.01. The molecule has 2 N–H and O–H groups in total. The zero-order valence-electron chi connectivity index (χ0n) is 10.6. The van der Waals surface area contributed by atoms with E-state index in [2.05, 4.69) is 11.8 Å². The molecular weight excluding hydrogens is 248 g/mol. The van der Waals surface area contributed by atoms with E-state index < -0.39 is 0 Å². The second-order valence-electron chi connectivity index (χ2n) is 3.79. The van der Waals surface area contributed by atoms with Crippen LogP contribution in [-0.4, -0.2) is 35.8 Å². The monoisotopic (exact) mass is 266 g/mol. The Hall–Kier alpha value is -1.15. The first kappa shape index (κ1) is 14.9. The van der Waals surface area contributed by atoms with Crippen LogP contribution in [0.15, 0.2) is 18.2 Å². The van der Waals surface area contributed by atoms with Gasteiger partial charge >= 0.3 is 0 Å². The van der Waals surface area contributed by atoms with Crippen LogP contribution in [0.1, 0.15) is 18.1 Å². The van der Waals surface area contributed by atoms with Gasteiger partial charge in [0.1, 0.15) is 12.4 Å². The summed E-state index contributed by atoms with van der Waals surface area (Å²) in [5.41, 5.74) is 1.91. The van der Waals surface area contributed by atoms with Crippen molar-refractivity contribution in [1.82, 2.24) is 0 Å². The summed E-state index contributed by atoms with van der Waals surface area (Å²) < 4.78 is 5.30. The van der Waals surface area contributed by atoms with Crippen molar-refractivity contribution < 1.29 is 14.9 Å². The smallest absolute Gasteiger partial charge is 0.122 e. The third-order valence-electron chi connectivity index (χ3n) is 2.37. The Bertz CT molecular complexity index is 434. The molecule has 0 bridgehead atoms. The van der Waals surface area contributed by atoms with Gasteiger partial charge in [0.15, 0.2) is 0 Å². The van der Waals surface area contributed by atoms with Crippen molar-refractivity contribution in [2.75, 3.05) is 20.3 Å². The van der Waals surface area contributed by atoms with Crippen molar-refractivity contribution in [3.63, 3.8) is 0 Å². The van der Waals surface area contributed by atoms with Gasteiger partial charge in [0.25, 0.3) is 0 Å². The van der Waals surface area contributed by atoms with Crippen LogP contribution in [0.5, 0.6) is 5.75 Å². The first-order valence-corrected chi connectivity index (χ1v) is 6.75. The summed E-state index contributed by atoms with van der Waals surface area (Å²) in [5.74, 6) is 7.08. The lowest BCUT2D eigenvalue weighted by Crippen LogP contribution is -2.03. The summed E-state index contributed by atoms with van der Waals surface area (Å²) in [7, 11) is 1.64. The number of rotatable bonds is 5. The predicted molar refractivity (Wildman–Crippen MR) is 74.8 cm³/mol. The van der Waals surface area contributed by atoms with Gasteiger partial charge in [-0.2, -0.15) is 11.8 Å². The van der Waals surface area contributed by atoms with Gasteiger partial charge in [-0.05, 0) is 18.2 Å². The van der Waals surface area contributed by atoms with Crippen LogP contribution < -0.4 is 4.74 Å². The summed E-state index contributed by atoms with van der Waals surface area (Å²) >= 11 is 1.66. The Labute approximate surface area is 112 Å². The van der Waals surface area contributed by atoms with Crippen LogP contribution in [0.3, 0.4) is 0 Å². The normalized spacial score (nSPS) is 11.6. The standard InChI is InChI=1S/C14H18O3S/c1-11(9-16)18-10-13-8-12(4-3-7-15)5-6-14(13)17-2/h5-6,8,11,15-16H,7,9-10H2,1-2H3. The second kappa shape index (κ2) is 8.04. The number of hydrogen-bond donors (Lipinski definition) is 2. The highest BCUT2D eigenvalue weighted by Gasteiger charge is 2.07. The maximum Gasteiger partial charge on any atom is 0.122 e. The van der Waals surface area contributed by atoms with Crippen LogP contribution in [0.25, 0.3) is 0 Å². The fraction of sp³-hybridized carbons (Fsp3) is 0.429. The Morgan fingerprint density at radius 1 is 1.39 bits per heavy atom. The van der Waals surface area contributed by atoms with E-state index in [1.807, 2.05) is 25.1 Å². The Balaban J connectivity index is 2.84. The molecule has 0 saturated carbocycles. The van der Waals surface area contributed by atoms with Gasteiger partial charge in [0, 0.05) is 22.1 Å². The number of ether oxygens (including phenoxy) is 1. The highest BCUT2D eigenvalue weighted by Crippen LogP contribution is 2.26. The minimum absolute atomic E-state index is 0.141. The summed E-state index contributed by atoms with van der Waals surface area (Å²) in [6.07, 6.45) is 0. The van der Waals surface area contributed by atoms with Crippen LogP contribution in [0, 0.1) is 11.8 Å². The molecule has 1 aromatic carbocycles. The molecule has 0 aliphatic heterocycles. The second-order valence-corrected chi connectivity index (χ2v) is 5.22. The minimum Gasteiger partial charge on any atom is -0.496 e. The molecule has 0 aromatic heterocycles. The van der Waals surface area contributed by atoms with E-state index in [4.69, 9.17) is 14.9 Å². The average molecular weight is 266 g/mol. The molecule has 4 heteroatoms. The molecule has 0 amide bonds. The highest BCUT2D eigenvalue weighted by atomic mass is 32.2. The third-order valence-corrected chi connectivity index (χ3v) is 3.57. The zero-order chi connectivity index (χ0) is 13.4. The third kappa shape index (κ3) is 4.61. The first-order chi connectivity index (χ1) is 8.71. The summed E-state index contributed by atoms with van der Waals surface area (Å²) in [5, 5.41) is 17.9. The largest absolute Gasteiger partial charge is 0.496 e. The van der Waals surface area contributed by atoms with Gasteiger partial charge in [-0.3, -0.25) is 0 Å². The lowest BCUT2D eigenvalue weighted by molar-refractivity contribution is 0.300. The summed E-state index contributed by atoms with van der Waals surface area (Å²) in [6, 6.07) is 5.70. The van der Waals surface area contributed by atoms with Gasteiger partial charge in [0.2, 0.25) is 0 Å². The first-order valence-electron chi connectivity index (χ1n) is 5.70. The van der Waals surface area contributed by atoms with E-state index >= 15 is 0 Å². The van der Waals surface area contributed by atoms with Crippen molar-refractivity contribution in [1.29, 1.82) is 0 Å². The van der Waals surface area contributed by atoms with Crippen LogP contribution in [0.4, 0.5) is 0 Å². The molecule has 0 heterocycles. The lowest BCUT2D eigenvalue weighted by Gasteiger charge is -2.11. The number of aliphatic hydroxyl groups is 2. The van der Waals surface area contributed by atoms with Crippen molar-refractivity contribution >= 4 is 11.8 Å². The van der Waals surface area contributed by atoms with Gasteiger partial charge in [-0.15, -0.1) is 0 Å². The van der Waals surface area contributed by atoms with Crippen molar-refractivity contribution in [3.05, 3.63) is 29.3 Å². The van der Waals surface area contributed by atoms with Crippen molar-refractivity contribution in [3.8, 4) is 17.6 Å². The van der Waals surface area contributed by atoms with E-state index in [1.165, 1.54) is 0 Å². The molecule has 3 nitrogen and oxygen atoms in total. The van der Waals surface area contributed by atoms with Gasteiger partial charge in [-0.1, -0.05) is 18.8 Å². The minimum atomic E-state index is -0.141. The molecule has 0 aliphatic rings. The molecule has 1 atom stereocenters. The quantitative estimate of drug-likeness (QED) is 0.796. The van der Waals surface area contributed by atoms with E-state index in [0.717, 1.165) is 22.6 Å². The fourth-order valence-electron chi connectivity index (χ4n) is 1.40. The molecule has 98 valence electrons. The van der Waals surface area contributed by atoms with Crippen LogP contribution >= 0.6 is 11.8 Å². The number of thioether (sulfide) groups is 1. The Morgan fingerprint density at radius 2 is 2.17 bits per heavy atom. The predicted octanol–water partition coefficient (Wildman–Crippen LogP) is 1.65. The average Bonchev–Trinajstić information content (AvgIpc) is 2.42. The van der Waals surface area contributed by atoms with Crippen molar-refractivity contribution in [2.45, 2.75) is 17.9 Å². The van der Waals surface area contributed by atoms with E-state index in [-0.39, 0.29) is 18.5 Å². The summed E-state index contributed by atoms with van der Waals surface area (Å²) in [4.78, 5) is 0. The van der Waals surface area contributed by atoms with Crippen LogP contribution in [0.2, 0.25) is 0 Å². The molecule has 0 fully saturated rings. The van der Waals surface area contributed by atoms with E-state index in [0.29, 0.717) is 0 Å². The lowest BCUT2D eigenvalue weighted by atomic mass is 10.1. The number of methoxy groups -OCH3 is 1. The molecule has 0 saturated heterocycles. The summed E-state index contributed by atoms with van der Waals surface area (Å²) in [6.45, 7) is 2.00. The molecular formula is C14H18O3S. The molecule has 0 radical (unpaired) electrons. The van der Waals surface area contributed by atoms with E-state index in [9.17, 15) is 0 Å². The van der Waals surface area contributed by atoms with Crippen LogP contribution in [-0.2, 0) is 5.75 Å². The van der Waals surface area contributed by atoms with E-state index in [1.54, 1.807) is 18.9 Å². The highest BCUT2D eigenvalue weighted by molar-refractivity contribution is 7.99. The molecule has 0 spiro atoms. The van der Waals surface area contributed by atoms with Gasteiger partial charge < -0.3 is 14.9 Å². The number of hydrogen-bond acceptors (Lipinski definition) is 4. The fourth-order valence-corrected chi connectivity index (χ4v) is 2.19. The Kier molecular flexibility index (Phi) is 6.66. The van der Waals surface area contributed by atoms with Crippen molar-refractivity contribution in [2.24, 2.45) is 0 Å². The molecule has 18 heavy (non-hydrogen) atoms. The maximum atomic E-state index is 9.01. The molecule has 1 unspecified atom stereocenters.